The van der Waals surface area contributed by atoms with Crippen molar-refractivity contribution in [2.24, 2.45) is 0 Å². The van der Waals surface area contributed by atoms with E-state index in [4.69, 9.17) is 4.42 Å². The Balaban J connectivity index is 1.64. The summed E-state index contributed by atoms with van der Waals surface area (Å²) in [5.74, 6) is -1.38. The van der Waals surface area contributed by atoms with Gasteiger partial charge in [-0.1, -0.05) is 31.4 Å². The standard InChI is InChI=1S/C22H22FN3O5/c23-16-8-6-15(7-9-16)13-24(17-4-2-1-3-5-17)21(27)14-25-19-12-18(26(29)30)10-11-20(19)31-22(25)28/h6-12,17H,1-5,13-14H2. The highest BCUT2D eigenvalue weighted by atomic mass is 19.1. The van der Waals surface area contributed by atoms with Crippen LogP contribution in [0.25, 0.3) is 11.1 Å². The van der Waals surface area contributed by atoms with E-state index < -0.39 is 10.7 Å². The number of nitro benzene ring substituents is 1. The molecule has 1 aromatic heterocycles. The number of non-ortho nitro benzene ring substituents is 1. The SMILES string of the molecule is O=C(Cn1c(=O)oc2ccc([N+](=O)[O-])cc21)N(Cc1ccc(F)cc1)C1CCCCC1. The third-order valence-electron chi connectivity index (χ3n) is 5.76. The van der Waals surface area contributed by atoms with Gasteiger partial charge in [0.15, 0.2) is 5.58 Å². The molecule has 1 heterocycles. The number of carbonyl (C=O) groups is 1. The van der Waals surface area contributed by atoms with E-state index in [9.17, 15) is 24.1 Å². The Morgan fingerprint density at radius 1 is 1.16 bits per heavy atom. The molecule has 8 nitrogen and oxygen atoms in total. The Morgan fingerprint density at radius 2 is 1.87 bits per heavy atom. The fourth-order valence-electron chi connectivity index (χ4n) is 4.14. The average molecular weight is 427 g/mol. The number of hydrogen-bond acceptors (Lipinski definition) is 5. The van der Waals surface area contributed by atoms with Crippen molar-refractivity contribution in [3.63, 3.8) is 0 Å². The summed E-state index contributed by atoms with van der Waals surface area (Å²) >= 11 is 0. The zero-order chi connectivity index (χ0) is 22.0. The first-order valence-electron chi connectivity index (χ1n) is 10.2. The lowest BCUT2D eigenvalue weighted by atomic mass is 9.93. The minimum Gasteiger partial charge on any atom is -0.408 e. The Labute approximate surface area is 177 Å². The molecule has 0 atom stereocenters. The van der Waals surface area contributed by atoms with Crippen LogP contribution in [0.3, 0.4) is 0 Å². The number of rotatable bonds is 6. The maximum atomic E-state index is 13.3. The Bertz CT molecular complexity index is 1160. The van der Waals surface area contributed by atoms with Gasteiger partial charge in [-0.2, -0.15) is 0 Å². The smallest absolute Gasteiger partial charge is 0.408 e. The van der Waals surface area contributed by atoms with Crippen molar-refractivity contribution in [1.82, 2.24) is 9.47 Å². The van der Waals surface area contributed by atoms with Crippen molar-refractivity contribution in [3.05, 3.63) is 74.5 Å². The molecule has 1 saturated carbocycles. The molecule has 4 rings (SSSR count). The molecule has 31 heavy (non-hydrogen) atoms. The Kier molecular flexibility index (Phi) is 5.83. The molecule has 1 aliphatic rings. The fraction of sp³-hybridized carbons (Fsp3) is 0.364. The first-order chi connectivity index (χ1) is 14.9. The molecular weight excluding hydrogens is 405 g/mol. The molecule has 0 aliphatic heterocycles. The predicted molar refractivity (Wildman–Crippen MR) is 111 cm³/mol. The lowest BCUT2D eigenvalue weighted by Gasteiger charge is -2.34. The van der Waals surface area contributed by atoms with Gasteiger partial charge in [-0.3, -0.25) is 19.5 Å². The number of carbonyl (C=O) groups excluding carboxylic acids is 1. The van der Waals surface area contributed by atoms with Gasteiger partial charge < -0.3 is 9.32 Å². The van der Waals surface area contributed by atoms with E-state index in [1.807, 2.05) is 0 Å². The summed E-state index contributed by atoms with van der Waals surface area (Å²) in [5.41, 5.74) is 0.995. The molecule has 0 bridgehead atoms. The second kappa shape index (κ2) is 8.71. The highest BCUT2D eigenvalue weighted by Crippen LogP contribution is 2.25. The van der Waals surface area contributed by atoms with Crippen LogP contribution < -0.4 is 5.76 Å². The molecular formula is C22H22FN3O5. The quantitative estimate of drug-likeness (QED) is 0.437. The summed E-state index contributed by atoms with van der Waals surface area (Å²) in [6.07, 6.45) is 4.86. The molecule has 1 fully saturated rings. The average Bonchev–Trinajstić information content (AvgIpc) is 3.08. The fourth-order valence-corrected chi connectivity index (χ4v) is 4.14. The van der Waals surface area contributed by atoms with Gasteiger partial charge in [-0.25, -0.2) is 9.18 Å². The van der Waals surface area contributed by atoms with Crippen molar-refractivity contribution in [2.75, 3.05) is 0 Å². The van der Waals surface area contributed by atoms with E-state index in [0.29, 0.717) is 6.54 Å². The van der Waals surface area contributed by atoms with Crippen molar-refractivity contribution < 1.29 is 18.5 Å². The number of nitrogens with zero attached hydrogens (tertiary/aromatic N) is 3. The maximum absolute atomic E-state index is 13.3. The zero-order valence-electron chi connectivity index (χ0n) is 16.8. The van der Waals surface area contributed by atoms with Gasteiger partial charge in [-0.15, -0.1) is 0 Å². The van der Waals surface area contributed by atoms with Crippen LogP contribution in [0.2, 0.25) is 0 Å². The topological polar surface area (TPSA) is 98.6 Å². The molecule has 1 aliphatic carbocycles. The molecule has 0 unspecified atom stereocenters. The minimum atomic E-state index is -0.741. The highest BCUT2D eigenvalue weighted by Gasteiger charge is 2.27. The van der Waals surface area contributed by atoms with Crippen LogP contribution in [-0.4, -0.2) is 26.3 Å². The van der Waals surface area contributed by atoms with Crippen molar-refractivity contribution in [1.29, 1.82) is 0 Å². The first-order valence-corrected chi connectivity index (χ1v) is 10.2. The van der Waals surface area contributed by atoms with E-state index in [2.05, 4.69) is 0 Å². The monoisotopic (exact) mass is 427 g/mol. The molecule has 0 saturated heterocycles. The summed E-state index contributed by atoms with van der Waals surface area (Å²) in [7, 11) is 0. The molecule has 1 amide bonds. The number of fused-ring (bicyclic) bond motifs is 1. The summed E-state index contributed by atoms with van der Waals surface area (Å²) in [4.78, 5) is 38.0. The lowest BCUT2D eigenvalue weighted by molar-refractivity contribution is -0.384. The molecule has 162 valence electrons. The maximum Gasteiger partial charge on any atom is 0.420 e. The van der Waals surface area contributed by atoms with Gasteiger partial charge in [0, 0.05) is 24.7 Å². The van der Waals surface area contributed by atoms with Crippen LogP contribution >= 0.6 is 0 Å². The second-order valence-electron chi connectivity index (χ2n) is 7.80. The largest absolute Gasteiger partial charge is 0.420 e. The number of hydrogen-bond donors (Lipinski definition) is 0. The van der Waals surface area contributed by atoms with Crippen LogP contribution in [0.1, 0.15) is 37.7 Å². The van der Waals surface area contributed by atoms with Gasteiger partial charge in [-0.05, 0) is 36.6 Å². The van der Waals surface area contributed by atoms with Crippen molar-refractivity contribution in [2.45, 2.75) is 51.2 Å². The third-order valence-corrected chi connectivity index (χ3v) is 5.76. The number of oxazole rings is 1. The second-order valence-corrected chi connectivity index (χ2v) is 7.80. The summed E-state index contributed by atoms with van der Waals surface area (Å²) in [6.45, 7) is 0.0131. The summed E-state index contributed by atoms with van der Waals surface area (Å²) < 4.78 is 19.6. The van der Waals surface area contributed by atoms with Crippen molar-refractivity contribution >= 4 is 22.7 Å². The summed E-state index contributed by atoms with van der Waals surface area (Å²) in [6, 6.07) is 9.85. The van der Waals surface area contributed by atoms with Crippen LogP contribution in [-0.2, 0) is 17.9 Å². The van der Waals surface area contributed by atoms with Crippen LogP contribution in [0.5, 0.6) is 0 Å². The van der Waals surface area contributed by atoms with Gasteiger partial charge in [0.25, 0.3) is 5.69 Å². The normalized spacial score (nSPS) is 14.6. The molecule has 0 N–H and O–H groups in total. The number of benzene rings is 2. The van der Waals surface area contributed by atoms with Crippen LogP contribution in [0, 0.1) is 15.9 Å². The molecule has 0 radical (unpaired) electrons. The van der Waals surface area contributed by atoms with E-state index in [1.165, 1.54) is 30.3 Å². The molecule has 9 heteroatoms. The molecule has 3 aromatic rings. The molecule has 2 aromatic carbocycles. The Hall–Kier alpha value is -3.49. The van der Waals surface area contributed by atoms with E-state index in [1.54, 1.807) is 17.0 Å². The first kappa shape index (κ1) is 20.8. The number of amides is 1. The van der Waals surface area contributed by atoms with E-state index in [-0.39, 0.29) is 41.1 Å². The lowest BCUT2D eigenvalue weighted by Crippen LogP contribution is -2.43. The van der Waals surface area contributed by atoms with E-state index >= 15 is 0 Å². The van der Waals surface area contributed by atoms with Gasteiger partial charge in [0.05, 0.1) is 10.4 Å². The predicted octanol–water partition coefficient (Wildman–Crippen LogP) is 4.00. The number of aromatic nitrogens is 1. The van der Waals surface area contributed by atoms with E-state index in [0.717, 1.165) is 42.2 Å². The van der Waals surface area contributed by atoms with Gasteiger partial charge in [0.2, 0.25) is 5.91 Å². The third kappa shape index (κ3) is 4.50. The highest BCUT2D eigenvalue weighted by molar-refractivity contribution is 5.81. The van der Waals surface area contributed by atoms with Crippen LogP contribution in [0.15, 0.2) is 51.7 Å². The van der Waals surface area contributed by atoms with Gasteiger partial charge in [0.1, 0.15) is 12.4 Å². The zero-order valence-corrected chi connectivity index (χ0v) is 16.8. The molecule has 0 spiro atoms. The number of nitro groups is 1. The minimum absolute atomic E-state index is 0.0227. The number of halogens is 1. The Morgan fingerprint density at radius 3 is 2.55 bits per heavy atom. The van der Waals surface area contributed by atoms with Crippen LogP contribution in [0.4, 0.5) is 10.1 Å². The van der Waals surface area contributed by atoms with Crippen molar-refractivity contribution in [3.8, 4) is 0 Å². The summed E-state index contributed by atoms with van der Waals surface area (Å²) in [5, 5.41) is 11.1. The van der Waals surface area contributed by atoms with Gasteiger partial charge >= 0.3 is 5.76 Å².